The van der Waals surface area contributed by atoms with Crippen molar-refractivity contribution < 1.29 is 9.90 Å². The highest BCUT2D eigenvalue weighted by molar-refractivity contribution is 8.00. The van der Waals surface area contributed by atoms with Crippen LogP contribution in [0, 0.1) is 0 Å². The van der Waals surface area contributed by atoms with Gasteiger partial charge >= 0.3 is 5.97 Å². The second-order valence-corrected chi connectivity index (χ2v) is 6.53. The maximum atomic E-state index is 11.7. The molecule has 3 rings (SSSR count). The van der Waals surface area contributed by atoms with Crippen LogP contribution in [-0.2, 0) is 4.79 Å². The minimum Gasteiger partial charge on any atom is -0.480 e. The van der Waals surface area contributed by atoms with Crippen molar-refractivity contribution in [1.29, 1.82) is 0 Å². The van der Waals surface area contributed by atoms with Crippen LogP contribution in [0.15, 0.2) is 78.0 Å². The summed E-state index contributed by atoms with van der Waals surface area (Å²) < 4.78 is 1.98. The van der Waals surface area contributed by atoms with Crippen LogP contribution in [0.4, 0.5) is 0 Å². The number of thioether (sulfide) groups is 1. The highest BCUT2D eigenvalue weighted by atomic mass is 35.5. The zero-order valence-electron chi connectivity index (χ0n) is 12.1. The number of carboxylic acids is 1. The molecule has 0 saturated carbocycles. The number of carbonyl (C=O) groups is 1. The van der Waals surface area contributed by atoms with Gasteiger partial charge in [0.1, 0.15) is 5.25 Å². The van der Waals surface area contributed by atoms with Crippen LogP contribution >= 0.6 is 23.4 Å². The predicted molar refractivity (Wildman–Crippen MR) is 93.5 cm³/mol. The maximum Gasteiger partial charge on any atom is 0.321 e. The van der Waals surface area contributed by atoms with Gasteiger partial charge < -0.3 is 9.67 Å². The van der Waals surface area contributed by atoms with Crippen molar-refractivity contribution in [2.75, 3.05) is 0 Å². The summed E-state index contributed by atoms with van der Waals surface area (Å²) in [6.07, 6.45) is 3.88. The minimum absolute atomic E-state index is 0.593. The number of rotatable bonds is 5. The molecule has 1 N–H and O–H groups in total. The van der Waals surface area contributed by atoms with E-state index < -0.39 is 11.2 Å². The van der Waals surface area contributed by atoms with Crippen molar-refractivity contribution in [3.8, 4) is 5.69 Å². The second-order valence-electron chi connectivity index (χ2n) is 4.95. The first kappa shape index (κ1) is 15.7. The number of carboxylic acid groups (broad SMARTS) is 1. The molecule has 23 heavy (non-hydrogen) atoms. The van der Waals surface area contributed by atoms with Crippen molar-refractivity contribution >= 4 is 29.3 Å². The molecule has 0 aliphatic rings. The van der Waals surface area contributed by atoms with Gasteiger partial charge in [-0.15, -0.1) is 11.8 Å². The molecule has 3 aromatic rings. The van der Waals surface area contributed by atoms with Crippen LogP contribution in [0.3, 0.4) is 0 Å². The van der Waals surface area contributed by atoms with Gasteiger partial charge in [0, 0.05) is 22.3 Å². The molecule has 0 unspecified atom stereocenters. The van der Waals surface area contributed by atoms with Gasteiger partial charge in [0.2, 0.25) is 0 Å². The topological polar surface area (TPSA) is 42.2 Å². The van der Waals surface area contributed by atoms with Crippen molar-refractivity contribution in [2.24, 2.45) is 0 Å². The summed E-state index contributed by atoms with van der Waals surface area (Å²) in [4.78, 5) is 12.6. The molecule has 0 radical (unpaired) electrons. The Hall–Kier alpha value is -2.17. The van der Waals surface area contributed by atoms with E-state index in [2.05, 4.69) is 0 Å². The monoisotopic (exact) mass is 343 g/mol. The smallest absolute Gasteiger partial charge is 0.321 e. The van der Waals surface area contributed by atoms with Gasteiger partial charge in [0.15, 0.2) is 0 Å². The molecule has 3 nitrogen and oxygen atoms in total. The zero-order chi connectivity index (χ0) is 16.2. The van der Waals surface area contributed by atoms with Crippen LogP contribution in [0.25, 0.3) is 5.69 Å². The lowest BCUT2D eigenvalue weighted by molar-refractivity contribution is -0.136. The van der Waals surface area contributed by atoms with Crippen LogP contribution in [0.5, 0.6) is 0 Å². The quantitative estimate of drug-likeness (QED) is 0.659. The second kappa shape index (κ2) is 6.94. The number of aliphatic carboxylic acids is 1. The predicted octanol–water partition coefficient (Wildman–Crippen LogP) is 5.05. The van der Waals surface area contributed by atoms with Crippen molar-refractivity contribution in [2.45, 2.75) is 10.1 Å². The van der Waals surface area contributed by atoms with Gasteiger partial charge in [-0.2, -0.15) is 0 Å². The molecule has 0 bridgehead atoms. The number of hydrogen-bond donors (Lipinski definition) is 1. The van der Waals surface area contributed by atoms with Gasteiger partial charge in [0.25, 0.3) is 0 Å². The molecule has 5 heteroatoms. The molecule has 1 heterocycles. The summed E-state index contributed by atoms with van der Waals surface area (Å²) in [6, 6.07) is 18.6. The van der Waals surface area contributed by atoms with E-state index in [0.29, 0.717) is 10.6 Å². The van der Waals surface area contributed by atoms with Crippen molar-refractivity contribution in [3.63, 3.8) is 0 Å². The molecule has 0 aliphatic heterocycles. The van der Waals surface area contributed by atoms with Crippen LogP contribution in [0.2, 0.25) is 5.02 Å². The fraction of sp³-hybridized carbons (Fsp3) is 0.0556. The Kier molecular flexibility index (Phi) is 4.74. The third-order valence-corrected chi connectivity index (χ3v) is 4.95. The Bertz CT molecular complexity index is 800. The molecule has 0 amide bonds. The molecule has 0 fully saturated rings. The fourth-order valence-corrected chi connectivity index (χ4v) is 3.52. The van der Waals surface area contributed by atoms with Crippen LogP contribution in [-0.4, -0.2) is 15.6 Å². The minimum atomic E-state index is -0.875. The fourth-order valence-electron chi connectivity index (χ4n) is 2.29. The van der Waals surface area contributed by atoms with E-state index in [9.17, 15) is 9.90 Å². The van der Waals surface area contributed by atoms with Gasteiger partial charge in [-0.25, -0.2) is 0 Å². The van der Waals surface area contributed by atoms with E-state index in [1.807, 2.05) is 53.4 Å². The van der Waals surface area contributed by atoms with Crippen LogP contribution < -0.4 is 0 Å². The Morgan fingerprint density at radius 1 is 1.00 bits per heavy atom. The SMILES string of the molecule is O=C(O)[C@H](Sc1ccccc1-n1cccc1)c1ccc(Cl)cc1. The first-order valence-electron chi connectivity index (χ1n) is 7.02. The summed E-state index contributed by atoms with van der Waals surface area (Å²) in [7, 11) is 0. The van der Waals surface area contributed by atoms with Crippen molar-refractivity contribution in [3.05, 3.63) is 83.6 Å². The number of nitrogens with zero attached hydrogens (tertiary/aromatic N) is 1. The highest BCUT2D eigenvalue weighted by Gasteiger charge is 2.22. The summed E-state index contributed by atoms with van der Waals surface area (Å²) in [5.74, 6) is -0.875. The molecule has 0 aliphatic carbocycles. The molecule has 1 atom stereocenters. The highest BCUT2D eigenvalue weighted by Crippen LogP contribution is 2.38. The molecular weight excluding hydrogens is 330 g/mol. The van der Waals surface area contributed by atoms with Gasteiger partial charge in [-0.1, -0.05) is 35.9 Å². The lowest BCUT2D eigenvalue weighted by atomic mass is 10.1. The summed E-state index contributed by atoms with van der Waals surface area (Å²) in [6.45, 7) is 0. The van der Waals surface area contributed by atoms with Gasteiger partial charge in [-0.05, 0) is 42.0 Å². The van der Waals surface area contributed by atoms with Crippen LogP contribution in [0.1, 0.15) is 10.8 Å². The zero-order valence-corrected chi connectivity index (χ0v) is 13.7. The summed E-state index contributed by atoms with van der Waals surface area (Å²) >= 11 is 7.21. The van der Waals surface area contributed by atoms with Gasteiger partial charge in [0.05, 0.1) is 5.69 Å². The normalized spacial score (nSPS) is 12.0. The van der Waals surface area contributed by atoms with E-state index in [1.54, 1.807) is 24.3 Å². The summed E-state index contributed by atoms with van der Waals surface area (Å²) in [5.41, 5.74) is 1.68. The van der Waals surface area contributed by atoms with E-state index >= 15 is 0 Å². The van der Waals surface area contributed by atoms with E-state index in [-0.39, 0.29) is 0 Å². The number of halogens is 1. The molecule has 116 valence electrons. The first-order chi connectivity index (χ1) is 11.1. The standard InChI is InChI=1S/C18H14ClNO2S/c19-14-9-7-13(8-10-14)17(18(21)22)23-16-6-2-1-5-15(16)20-11-3-4-12-20/h1-12,17H,(H,21,22)/t17-/m1/s1. The average molecular weight is 344 g/mol. The third kappa shape index (κ3) is 3.60. The molecule has 0 saturated heterocycles. The largest absolute Gasteiger partial charge is 0.480 e. The van der Waals surface area contributed by atoms with E-state index in [0.717, 1.165) is 10.6 Å². The van der Waals surface area contributed by atoms with Gasteiger partial charge in [-0.3, -0.25) is 4.79 Å². The number of hydrogen-bond acceptors (Lipinski definition) is 2. The Balaban J connectivity index is 1.96. The molecular formula is C18H14ClNO2S. The Morgan fingerprint density at radius 2 is 1.65 bits per heavy atom. The third-order valence-electron chi connectivity index (χ3n) is 3.39. The Morgan fingerprint density at radius 3 is 2.30 bits per heavy atom. The maximum absolute atomic E-state index is 11.7. The molecule has 1 aromatic heterocycles. The number of benzene rings is 2. The molecule has 0 spiro atoms. The molecule has 2 aromatic carbocycles. The van der Waals surface area contributed by atoms with E-state index in [4.69, 9.17) is 11.6 Å². The van der Waals surface area contributed by atoms with E-state index in [1.165, 1.54) is 11.8 Å². The number of aromatic nitrogens is 1. The average Bonchev–Trinajstić information content (AvgIpc) is 3.08. The lowest BCUT2D eigenvalue weighted by Crippen LogP contribution is -2.08. The Labute approximate surface area is 143 Å². The summed E-state index contributed by atoms with van der Waals surface area (Å²) in [5, 5.41) is 9.52. The van der Waals surface area contributed by atoms with Crippen molar-refractivity contribution in [1.82, 2.24) is 4.57 Å². The first-order valence-corrected chi connectivity index (χ1v) is 8.28. The lowest BCUT2D eigenvalue weighted by Gasteiger charge is -2.16. The number of para-hydroxylation sites is 1.